The van der Waals surface area contributed by atoms with Gasteiger partial charge in [0.05, 0.1) is 12.1 Å². The molecule has 0 bridgehead atoms. The van der Waals surface area contributed by atoms with E-state index in [0.29, 0.717) is 5.84 Å². The lowest BCUT2D eigenvalue weighted by atomic mass is 10.1. The molecule has 0 aromatic rings. The van der Waals surface area contributed by atoms with Gasteiger partial charge in [-0.3, -0.25) is 4.90 Å². The number of carbonyl (C=O) groups excluding carboxylic acids is 1. The molecule has 1 rings (SSSR count). The van der Waals surface area contributed by atoms with Crippen LogP contribution in [0.3, 0.4) is 0 Å². The molecule has 1 heterocycles. The van der Waals surface area contributed by atoms with Gasteiger partial charge in [0.15, 0.2) is 0 Å². The zero-order valence-corrected chi connectivity index (χ0v) is 9.94. The van der Waals surface area contributed by atoms with Crippen molar-refractivity contribution in [3.63, 3.8) is 0 Å². The molecule has 2 N–H and O–H groups in total. The van der Waals surface area contributed by atoms with Gasteiger partial charge < -0.3 is 5.73 Å². The van der Waals surface area contributed by atoms with E-state index in [1.54, 1.807) is 4.90 Å². The Morgan fingerprint density at radius 1 is 1.62 bits per heavy atom. The van der Waals surface area contributed by atoms with Crippen molar-refractivity contribution in [3.8, 4) is 12.3 Å². The normalized spacial score (nSPS) is 21.8. The summed E-state index contributed by atoms with van der Waals surface area (Å²) in [5, 5.41) is 0. The summed E-state index contributed by atoms with van der Waals surface area (Å²) in [6, 6.07) is -0.654. The fourth-order valence-electron chi connectivity index (χ4n) is 1.91. The summed E-state index contributed by atoms with van der Waals surface area (Å²) in [6.45, 7) is 3.96. The van der Waals surface area contributed by atoms with E-state index >= 15 is 0 Å². The average Bonchev–Trinajstić information content (AvgIpc) is 2.53. The standard InChI is InChI=1S/C12H19N3O/c1-4-6-7-8-10-11(13)14-12(16)15(10)9(3)5-2/h2,9-10H,4,6-8H2,1,3H3,(H2,13,14,16). The van der Waals surface area contributed by atoms with E-state index < -0.39 is 0 Å². The molecule has 0 fully saturated rings. The fourth-order valence-corrected chi connectivity index (χ4v) is 1.91. The number of hydrogen-bond donors (Lipinski definition) is 1. The van der Waals surface area contributed by atoms with Gasteiger partial charge >= 0.3 is 6.03 Å². The minimum atomic E-state index is -0.301. The van der Waals surface area contributed by atoms with E-state index in [-0.39, 0.29) is 18.1 Å². The summed E-state index contributed by atoms with van der Waals surface area (Å²) in [6.07, 6.45) is 9.51. The fraction of sp³-hybridized carbons (Fsp3) is 0.667. The summed E-state index contributed by atoms with van der Waals surface area (Å²) in [5.74, 6) is 2.96. The van der Waals surface area contributed by atoms with Crippen LogP contribution >= 0.6 is 0 Å². The number of rotatable bonds is 5. The van der Waals surface area contributed by atoms with Crippen molar-refractivity contribution < 1.29 is 4.79 Å². The molecular formula is C12H19N3O. The quantitative estimate of drug-likeness (QED) is 0.568. The summed E-state index contributed by atoms with van der Waals surface area (Å²) in [5.41, 5.74) is 5.75. The van der Waals surface area contributed by atoms with Gasteiger partial charge in [0.1, 0.15) is 5.84 Å². The molecule has 4 nitrogen and oxygen atoms in total. The number of nitrogens with zero attached hydrogens (tertiary/aromatic N) is 2. The lowest BCUT2D eigenvalue weighted by Gasteiger charge is -2.27. The van der Waals surface area contributed by atoms with Crippen molar-refractivity contribution in [1.29, 1.82) is 0 Å². The molecule has 1 aliphatic heterocycles. The van der Waals surface area contributed by atoms with Crippen LogP contribution < -0.4 is 5.73 Å². The number of amides is 2. The van der Waals surface area contributed by atoms with Crippen LogP contribution in [0.25, 0.3) is 0 Å². The van der Waals surface area contributed by atoms with E-state index in [2.05, 4.69) is 17.8 Å². The molecule has 2 unspecified atom stereocenters. The topological polar surface area (TPSA) is 58.7 Å². The number of hydrogen-bond acceptors (Lipinski definition) is 2. The van der Waals surface area contributed by atoms with Crippen LogP contribution in [-0.2, 0) is 0 Å². The molecule has 1 aliphatic rings. The molecule has 0 aliphatic carbocycles. The molecule has 88 valence electrons. The number of aliphatic imine (C=N–C) groups is 1. The zero-order valence-electron chi connectivity index (χ0n) is 9.94. The highest BCUT2D eigenvalue weighted by Gasteiger charge is 2.35. The van der Waals surface area contributed by atoms with E-state index in [1.165, 1.54) is 0 Å². The molecular weight excluding hydrogens is 202 g/mol. The third-order valence-corrected chi connectivity index (χ3v) is 2.86. The Balaban J connectivity index is 2.67. The maximum absolute atomic E-state index is 11.6. The maximum Gasteiger partial charge on any atom is 0.346 e. The third-order valence-electron chi connectivity index (χ3n) is 2.86. The minimum absolute atomic E-state index is 0.106. The molecule has 0 radical (unpaired) electrons. The van der Waals surface area contributed by atoms with Crippen LogP contribution in [-0.4, -0.2) is 28.9 Å². The van der Waals surface area contributed by atoms with Gasteiger partial charge in [-0.25, -0.2) is 4.79 Å². The number of amidine groups is 1. The van der Waals surface area contributed by atoms with Crippen LogP contribution in [0.4, 0.5) is 4.79 Å². The highest BCUT2D eigenvalue weighted by atomic mass is 16.2. The average molecular weight is 221 g/mol. The van der Waals surface area contributed by atoms with Gasteiger partial charge in [0, 0.05) is 0 Å². The van der Waals surface area contributed by atoms with Crippen molar-refractivity contribution >= 4 is 11.9 Å². The van der Waals surface area contributed by atoms with Gasteiger partial charge in [-0.1, -0.05) is 32.1 Å². The Morgan fingerprint density at radius 2 is 2.31 bits per heavy atom. The molecule has 0 saturated carbocycles. The van der Waals surface area contributed by atoms with Gasteiger partial charge in [0.2, 0.25) is 0 Å². The Hall–Kier alpha value is -1.50. The Morgan fingerprint density at radius 3 is 2.88 bits per heavy atom. The Bertz CT molecular complexity index is 330. The number of terminal acetylenes is 1. The van der Waals surface area contributed by atoms with E-state index in [9.17, 15) is 4.79 Å². The number of urea groups is 1. The predicted octanol–water partition coefficient (Wildman–Crippen LogP) is 1.75. The van der Waals surface area contributed by atoms with Gasteiger partial charge in [-0.15, -0.1) is 6.42 Å². The van der Waals surface area contributed by atoms with Crippen molar-refractivity contribution in [3.05, 3.63) is 0 Å². The smallest absolute Gasteiger partial charge is 0.346 e. The predicted molar refractivity (Wildman–Crippen MR) is 65.1 cm³/mol. The second-order valence-electron chi connectivity index (χ2n) is 4.08. The minimum Gasteiger partial charge on any atom is -0.385 e. The lowest BCUT2D eigenvalue weighted by molar-refractivity contribution is 0.195. The van der Waals surface area contributed by atoms with Crippen LogP contribution in [0.1, 0.15) is 39.5 Å². The first-order valence-corrected chi connectivity index (χ1v) is 5.74. The SMILES string of the molecule is C#CC(C)N1C(=O)N=C(N)C1CCCCC. The highest BCUT2D eigenvalue weighted by Crippen LogP contribution is 2.19. The van der Waals surface area contributed by atoms with E-state index in [4.69, 9.17) is 12.2 Å². The summed E-state index contributed by atoms with van der Waals surface area (Å²) >= 11 is 0. The summed E-state index contributed by atoms with van der Waals surface area (Å²) in [7, 11) is 0. The first-order chi connectivity index (χ1) is 7.61. The van der Waals surface area contributed by atoms with Crippen LogP contribution in [0.2, 0.25) is 0 Å². The van der Waals surface area contributed by atoms with E-state index in [1.807, 2.05) is 6.92 Å². The van der Waals surface area contributed by atoms with Crippen LogP contribution in [0.5, 0.6) is 0 Å². The molecule has 16 heavy (non-hydrogen) atoms. The maximum atomic E-state index is 11.6. The molecule has 0 aromatic heterocycles. The number of carbonyl (C=O) groups is 1. The summed E-state index contributed by atoms with van der Waals surface area (Å²) < 4.78 is 0. The van der Waals surface area contributed by atoms with Crippen LogP contribution in [0.15, 0.2) is 4.99 Å². The zero-order chi connectivity index (χ0) is 12.1. The van der Waals surface area contributed by atoms with Gasteiger partial charge in [-0.05, 0) is 13.3 Å². The Labute approximate surface area is 96.9 Å². The first-order valence-electron chi connectivity index (χ1n) is 5.74. The molecule has 0 spiro atoms. The number of unbranched alkanes of at least 4 members (excludes halogenated alkanes) is 2. The highest BCUT2D eigenvalue weighted by molar-refractivity contribution is 6.03. The van der Waals surface area contributed by atoms with Crippen molar-refractivity contribution in [1.82, 2.24) is 4.90 Å². The molecule has 0 saturated heterocycles. The second-order valence-corrected chi connectivity index (χ2v) is 4.08. The van der Waals surface area contributed by atoms with Gasteiger partial charge in [0.25, 0.3) is 0 Å². The van der Waals surface area contributed by atoms with Crippen molar-refractivity contribution in [2.75, 3.05) is 0 Å². The molecule has 0 aromatic carbocycles. The van der Waals surface area contributed by atoms with Crippen molar-refractivity contribution in [2.24, 2.45) is 10.7 Å². The monoisotopic (exact) mass is 221 g/mol. The van der Waals surface area contributed by atoms with Gasteiger partial charge in [-0.2, -0.15) is 4.99 Å². The first kappa shape index (κ1) is 12.6. The molecule has 2 amide bonds. The second kappa shape index (κ2) is 5.55. The van der Waals surface area contributed by atoms with Crippen LogP contribution in [0, 0.1) is 12.3 Å². The Kier molecular flexibility index (Phi) is 4.36. The third kappa shape index (κ3) is 2.54. The van der Waals surface area contributed by atoms with Crippen molar-refractivity contribution in [2.45, 2.75) is 51.6 Å². The largest absolute Gasteiger partial charge is 0.385 e. The number of nitrogens with two attached hydrogens (primary N) is 1. The lowest BCUT2D eigenvalue weighted by Crippen LogP contribution is -2.44. The summed E-state index contributed by atoms with van der Waals surface area (Å²) in [4.78, 5) is 17.0. The van der Waals surface area contributed by atoms with E-state index in [0.717, 1.165) is 25.7 Å². The molecule has 4 heteroatoms. The molecule has 2 atom stereocenters.